The van der Waals surface area contributed by atoms with Gasteiger partial charge in [-0.25, -0.2) is 0 Å². The molecule has 2 aliphatic rings. The summed E-state index contributed by atoms with van der Waals surface area (Å²) in [7, 11) is 0. The molecule has 10 heteroatoms. The van der Waals surface area contributed by atoms with E-state index >= 15 is 0 Å². The number of benzene rings is 1. The van der Waals surface area contributed by atoms with Crippen LogP contribution in [0.4, 0.5) is 17.5 Å². The van der Waals surface area contributed by atoms with Gasteiger partial charge in [0.1, 0.15) is 5.82 Å². The molecule has 2 atom stereocenters. The van der Waals surface area contributed by atoms with E-state index in [2.05, 4.69) is 27.5 Å². The molecule has 1 aromatic heterocycles. The fourth-order valence-electron chi connectivity index (χ4n) is 3.94. The van der Waals surface area contributed by atoms with Gasteiger partial charge in [0.05, 0.1) is 22.2 Å². The van der Waals surface area contributed by atoms with Crippen LogP contribution in [0.5, 0.6) is 0 Å². The van der Waals surface area contributed by atoms with Crippen LogP contribution in [0.3, 0.4) is 0 Å². The van der Waals surface area contributed by atoms with E-state index in [0.29, 0.717) is 16.7 Å². The number of piperidine rings is 1. The van der Waals surface area contributed by atoms with Crippen molar-refractivity contribution >= 4 is 52.5 Å². The summed E-state index contributed by atoms with van der Waals surface area (Å²) in [5, 5.41) is 6.02. The van der Waals surface area contributed by atoms with Crippen LogP contribution in [0.1, 0.15) is 44.1 Å². The predicted octanol–water partition coefficient (Wildman–Crippen LogP) is 3.52. The highest BCUT2D eigenvalue weighted by Gasteiger charge is 2.35. The lowest BCUT2D eigenvalue weighted by Gasteiger charge is -2.34. The van der Waals surface area contributed by atoms with Gasteiger partial charge >= 0.3 is 0 Å². The maximum absolute atomic E-state index is 12.9. The summed E-state index contributed by atoms with van der Waals surface area (Å²) >= 11 is 12.0. The minimum atomic E-state index is -0.982. The zero-order valence-corrected chi connectivity index (χ0v) is 17.8. The van der Waals surface area contributed by atoms with Crippen molar-refractivity contribution in [2.24, 2.45) is 0 Å². The molecule has 0 radical (unpaired) electrons. The summed E-state index contributed by atoms with van der Waals surface area (Å²) in [6.07, 6.45) is 2.97. The van der Waals surface area contributed by atoms with Crippen LogP contribution in [-0.4, -0.2) is 34.4 Å². The average molecular weight is 450 g/mol. The monoisotopic (exact) mass is 449 g/mol. The molecule has 4 rings (SSSR count). The van der Waals surface area contributed by atoms with Crippen molar-refractivity contribution in [1.29, 1.82) is 0 Å². The molecular weight excluding hydrogens is 429 g/mol. The third-order valence-corrected chi connectivity index (χ3v) is 6.07. The number of hydrogen-bond donors (Lipinski definition) is 3. The van der Waals surface area contributed by atoms with Crippen LogP contribution in [-0.2, 0) is 9.59 Å². The summed E-state index contributed by atoms with van der Waals surface area (Å²) in [6, 6.07) is 4.88. The molecule has 0 saturated carbocycles. The number of H-pyrrole nitrogens is 1. The molecule has 2 aromatic rings. The molecule has 1 saturated heterocycles. The highest BCUT2D eigenvalue weighted by atomic mass is 35.5. The minimum absolute atomic E-state index is 0.130. The number of halogens is 2. The molecular formula is C20H21Cl2N5O3. The highest BCUT2D eigenvalue weighted by molar-refractivity contribution is 6.36. The van der Waals surface area contributed by atoms with Gasteiger partial charge in [-0.15, -0.1) is 0 Å². The first-order chi connectivity index (χ1) is 14.3. The topological polar surface area (TPSA) is 107 Å². The fourth-order valence-corrected chi connectivity index (χ4v) is 4.40. The molecule has 0 unspecified atom stereocenters. The maximum atomic E-state index is 12.9. The quantitative estimate of drug-likeness (QED) is 0.664. The number of carbonyl (C=O) groups is 2. The van der Waals surface area contributed by atoms with E-state index in [1.165, 1.54) is 6.07 Å². The SMILES string of the molecule is C[C@@H]1CCCCN1c1nc2c(c(=O)[nH]1)[C@H](C(=O)Nc1ccc(Cl)cc1Cl)CC(=O)N2. The van der Waals surface area contributed by atoms with E-state index in [0.717, 1.165) is 25.8 Å². The fraction of sp³-hybridized carbons (Fsp3) is 0.400. The van der Waals surface area contributed by atoms with E-state index < -0.39 is 17.4 Å². The number of carbonyl (C=O) groups excluding carboxylic acids is 2. The predicted molar refractivity (Wildman–Crippen MR) is 117 cm³/mol. The van der Waals surface area contributed by atoms with Crippen molar-refractivity contribution in [2.75, 3.05) is 22.1 Å². The number of amides is 2. The normalized spacial score (nSPS) is 21.0. The van der Waals surface area contributed by atoms with Crippen LogP contribution in [0.15, 0.2) is 23.0 Å². The Balaban J connectivity index is 1.66. The molecule has 1 fully saturated rings. The zero-order chi connectivity index (χ0) is 21.4. The number of hydrogen-bond acceptors (Lipinski definition) is 5. The second-order valence-electron chi connectivity index (χ2n) is 7.61. The summed E-state index contributed by atoms with van der Waals surface area (Å²) < 4.78 is 0. The maximum Gasteiger partial charge on any atom is 0.258 e. The van der Waals surface area contributed by atoms with E-state index in [1.54, 1.807) is 12.1 Å². The van der Waals surface area contributed by atoms with Crippen molar-refractivity contribution in [3.63, 3.8) is 0 Å². The first kappa shape index (κ1) is 20.7. The lowest BCUT2D eigenvalue weighted by molar-refractivity contribution is -0.123. The second-order valence-corrected chi connectivity index (χ2v) is 8.45. The van der Waals surface area contributed by atoms with Crippen molar-refractivity contribution < 1.29 is 9.59 Å². The van der Waals surface area contributed by atoms with Crippen LogP contribution in [0.2, 0.25) is 10.0 Å². The Morgan fingerprint density at radius 3 is 2.80 bits per heavy atom. The Morgan fingerprint density at radius 2 is 2.07 bits per heavy atom. The molecule has 3 heterocycles. The number of anilines is 3. The summed E-state index contributed by atoms with van der Waals surface area (Å²) in [5.41, 5.74) is 0.0578. The number of nitrogens with one attached hydrogen (secondary N) is 3. The number of aromatic amines is 1. The van der Waals surface area contributed by atoms with Gasteiger partial charge in [0, 0.05) is 24.0 Å². The number of rotatable bonds is 3. The molecule has 0 bridgehead atoms. The summed E-state index contributed by atoms with van der Waals surface area (Å²) in [5.74, 6) is -1.33. The number of fused-ring (bicyclic) bond motifs is 1. The molecule has 0 spiro atoms. The van der Waals surface area contributed by atoms with Crippen LogP contribution >= 0.6 is 23.2 Å². The molecule has 8 nitrogen and oxygen atoms in total. The van der Waals surface area contributed by atoms with Gasteiger partial charge in [-0.05, 0) is 44.4 Å². The lowest BCUT2D eigenvalue weighted by Crippen LogP contribution is -2.42. The van der Waals surface area contributed by atoms with Gasteiger partial charge in [-0.2, -0.15) is 4.98 Å². The van der Waals surface area contributed by atoms with Crippen molar-refractivity contribution in [1.82, 2.24) is 9.97 Å². The van der Waals surface area contributed by atoms with E-state index in [9.17, 15) is 14.4 Å². The largest absolute Gasteiger partial charge is 0.340 e. The molecule has 3 N–H and O–H groups in total. The standard InChI is InChI=1S/C20H21Cl2N5O3/c1-10-4-2-3-7-27(10)20-25-17-16(19(30)26-20)12(9-15(28)24-17)18(29)23-14-6-5-11(21)8-13(14)22/h5-6,8,10,12H,2-4,7,9H2,1H3,(H,23,29)(H2,24,25,26,28,30)/t10-,12-/m1/s1. The Labute approximate surface area is 183 Å². The number of aromatic nitrogens is 2. The Hall–Kier alpha value is -2.58. The lowest BCUT2D eigenvalue weighted by atomic mass is 9.92. The van der Waals surface area contributed by atoms with Gasteiger partial charge in [0.15, 0.2) is 0 Å². The van der Waals surface area contributed by atoms with Crippen molar-refractivity contribution in [2.45, 2.75) is 44.6 Å². The molecule has 0 aliphatic carbocycles. The smallest absolute Gasteiger partial charge is 0.258 e. The van der Waals surface area contributed by atoms with Crippen LogP contribution in [0, 0.1) is 0 Å². The zero-order valence-electron chi connectivity index (χ0n) is 16.3. The molecule has 30 heavy (non-hydrogen) atoms. The van der Waals surface area contributed by atoms with Gasteiger partial charge in [-0.1, -0.05) is 23.2 Å². The molecule has 2 amide bonds. The van der Waals surface area contributed by atoms with Gasteiger partial charge in [-0.3, -0.25) is 19.4 Å². The van der Waals surface area contributed by atoms with Crippen LogP contribution in [0.25, 0.3) is 0 Å². The Kier molecular flexibility index (Phi) is 5.71. The van der Waals surface area contributed by atoms with E-state index in [1.807, 2.05) is 4.90 Å². The average Bonchev–Trinajstić information content (AvgIpc) is 2.69. The molecule has 158 valence electrons. The second kappa shape index (κ2) is 8.28. The Bertz CT molecular complexity index is 1070. The third kappa shape index (κ3) is 4.02. The number of nitrogens with zero attached hydrogens (tertiary/aromatic N) is 2. The van der Waals surface area contributed by atoms with Gasteiger partial charge in [0.25, 0.3) is 5.56 Å². The third-order valence-electron chi connectivity index (χ3n) is 5.52. The minimum Gasteiger partial charge on any atom is -0.340 e. The van der Waals surface area contributed by atoms with E-state index in [-0.39, 0.29) is 34.8 Å². The summed E-state index contributed by atoms with van der Waals surface area (Å²) in [4.78, 5) is 47.4. The first-order valence-electron chi connectivity index (χ1n) is 9.80. The molecule has 2 aliphatic heterocycles. The van der Waals surface area contributed by atoms with Crippen molar-refractivity contribution in [3.05, 3.63) is 44.2 Å². The highest BCUT2D eigenvalue weighted by Crippen LogP contribution is 2.32. The van der Waals surface area contributed by atoms with Gasteiger partial charge in [0.2, 0.25) is 17.8 Å². The van der Waals surface area contributed by atoms with Crippen LogP contribution < -0.4 is 21.1 Å². The van der Waals surface area contributed by atoms with Gasteiger partial charge < -0.3 is 15.5 Å². The Morgan fingerprint density at radius 1 is 1.27 bits per heavy atom. The first-order valence-corrected chi connectivity index (χ1v) is 10.6. The molecule has 1 aromatic carbocycles. The van der Waals surface area contributed by atoms with Crippen molar-refractivity contribution in [3.8, 4) is 0 Å². The van der Waals surface area contributed by atoms with E-state index in [4.69, 9.17) is 23.2 Å². The summed E-state index contributed by atoms with van der Waals surface area (Å²) in [6.45, 7) is 2.85.